The van der Waals surface area contributed by atoms with Crippen LogP contribution < -0.4 is 9.47 Å². The number of methoxy groups -OCH3 is 2. The third-order valence-electron chi connectivity index (χ3n) is 3.27. The first-order chi connectivity index (χ1) is 10.3. The van der Waals surface area contributed by atoms with Gasteiger partial charge in [-0.05, 0) is 48.5 Å². The zero-order chi connectivity index (χ0) is 14.7. The number of hydrogen-bond donors (Lipinski definition) is 1. The highest BCUT2D eigenvalue weighted by Gasteiger charge is 2.12. The van der Waals surface area contributed by atoms with E-state index in [0.29, 0.717) is 0 Å². The topological polar surface area (TPSA) is 60.0 Å². The molecule has 0 spiro atoms. The Balaban J connectivity index is 1.99. The van der Waals surface area contributed by atoms with Gasteiger partial charge in [-0.15, -0.1) is 0 Å². The summed E-state index contributed by atoms with van der Waals surface area (Å²) < 4.78 is 10.3. The largest absolute Gasteiger partial charge is 0.497 e. The molecule has 0 bridgehead atoms. The SMILES string of the molecule is COc1ccc(-c2n[nH]nc2-c2ccc(OC)cc2)cc1. The van der Waals surface area contributed by atoms with Crippen LogP contribution in [0, 0.1) is 0 Å². The third-order valence-corrected chi connectivity index (χ3v) is 3.27. The van der Waals surface area contributed by atoms with Gasteiger partial charge in [0.05, 0.1) is 14.2 Å². The maximum absolute atomic E-state index is 5.17. The van der Waals surface area contributed by atoms with Crippen molar-refractivity contribution in [1.29, 1.82) is 0 Å². The highest BCUT2D eigenvalue weighted by Crippen LogP contribution is 2.30. The summed E-state index contributed by atoms with van der Waals surface area (Å²) in [6, 6.07) is 15.5. The lowest BCUT2D eigenvalue weighted by Gasteiger charge is -2.04. The molecule has 5 nitrogen and oxygen atoms in total. The van der Waals surface area contributed by atoms with E-state index in [4.69, 9.17) is 9.47 Å². The van der Waals surface area contributed by atoms with Gasteiger partial charge in [-0.2, -0.15) is 15.4 Å². The van der Waals surface area contributed by atoms with Crippen LogP contribution in [0.25, 0.3) is 22.5 Å². The van der Waals surface area contributed by atoms with E-state index in [1.54, 1.807) is 14.2 Å². The van der Waals surface area contributed by atoms with Crippen molar-refractivity contribution in [1.82, 2.24) is 15.4 Å². The number of benzene rings is 2. The summed E-state index contributed by atoms with van der Waals surface area (Å²) in [6.45, 7) is 0. The van der Waals surface area contributed by atoms with Gasteiger partial charge in [0.1, 0.15) is 22.9 Å². The minimum atomic E-state index is 0.808. The Morgan fingerprint density at radius 3 is 1.38 bits per heavy atom. The van der Waals surface area contributed by atoms with Crippen LogP contribution in [0.4, 0.5) is 0 Å². The number of aromatic nitrogens is 3. The summed E-state index contributed by atoms with van der Waals surface area (Å²) in [5.41, 5.74) is 3.58. The molecule has 0 amide bonds. The molecule has 106 valence electrons. The Morgan fingerprint density at radius 2 is 1.05 bits per heavy atom. The van der Waals surface area contributed by atoms with E-state index in [-0.39, 0.29) is 0 Å². The highest BCUT2D eigenvalue weighted by atomic mass is 16.5. The van der Waals surface area contributed by atoms with Crippen molar-refractivity contribution >= 4 is 0 Å². The number of nitrogens with one attached hydrogen (secondary N) is 1. The lowest BCUT2D eigenvalue weighted by molar-refractivity contribution is 0.414. The molecule has 0 saturated heterocycles. The van der Waals surface area contributed by atoms with Crippen LogP contribution in [-0.2, 0) is 0 Å². The second kappa shape index (κ2) is 5.66. The molecule has 21 heavy (non-hydrogen) atoms. The van der Waals surface area contributed by atoms with Crippen LogP contribution in [0.5, 0.6) is 11.5 Å². The average molecular weight is 281 g/mol. The molecule has 0 unspecified atom stereocenters. The molecule has 0 aliphatic heterocycles. The molecule has 2 aromatic carbocycles. The summed E-state index contributed by atoms with van der Waals surface area (Å²) in [5.74, 6) is 1.63. The first-order valence-corrected chi connectivity index (χ1v) is 6.51. The fourth-order valence-corrected chi connectivity index (χ4v) is 2.13. The van der Waals surface area contributed by atoms with E-state index in [9.17, 15) is 0 Å². The molecule has 1 N–H and O–H groups in total. The van der Waals surface area contributed by atoms with Gasteiger partial charge in [0.2, 0.25) is 0 Å². The van der Waals surface area contributed by atoms with E-state index >= 15 is 0 Å². The van der Waals surface area contributed by atoms with Crippen LogP contribution in [0.1, 0.15) is 0 Å². The van der Waals surface area contributed by atoms with Gasteiger partial charge in [-0.25, -0.2) is 0 Å². The maximum atomic E-state index is 5.17. The number of hydrogen-bond acceptors (Lipinski definition) is 4. The molecule has 0 saturated carbocycles. The summed E-state index contributed by atoms with van der Waals surface area (Å²) in [6.07, 6.45) is 0. The van der Waals surface area contributed by atoms with Crippen LogP contribution >= 0.6 is 0 Å². The maximum Gasteiger partial charge on any atom is 0.120 e. The molecule has 0 fully saturated rings. The van der Waals surface area contributed by atoms with Gasteiger partial charge in [-0.3, -0.25) is 0 Å². The number of nitrogens with zero attached hydrogens (tertiary/aromatic N) is 2. The summed E-state index contributed by atoms with van der Waals surface area (Å²) in [5, 5.41) is 11.2. The van der Waals surface area contributed by atoms with Crippen LogP contribution in [-0.4, -0.2) is 29.6 Å². The van der Waals surface area contributed by atoms with Gasteiger partial charge >= 0.3 is 0 Å². The lowest BCUT2D eigenvalue weighted by Crippen LogP contribution is -1.87. The van der Waals surface area contributed by atoms with Gasteiger partial charge in [0.15, 0.2) is 0 Å². The molecular weight excluding hydrogens is 266 g/mol. The van der Waals surface area contributed by atoms with E-state index < -0.39 is 0 Å². The molecule has 0 radical (unpaired) electrons. The van der Waals surface area contributed by atoms with E-state index in [0.717, 1.165) is 34.0 Å². The second-order valence-electron chi connectivity index (χ2n) is 4.48. The smallest absolute Gasteiger partial charge is 0.120 e. The van der Waals surface area contributed by atoms with Crippen molar-refractivity contribution in [3.8, 4) is 34.0 Å². The lowest BCUT2D eigenvalue weighted by atomic mass is 10.0. The van der Waals surface area contributed by atoms with Gasteiger partial charge in [0, 0.05) is 11.1 Å². The molecule has 1 heterocycles. The van der Waals surface area contributed by atoms with Crippen molar-refractivity contribution < 1.29 is 9.47 Å². The molecule has 0 aliphatic rings. The molecule has 0 aliphatic carbocycles. The van der Waals surface area contributed by atoms with Gasteiger partial charge < -0.3 is 9.47 Å². The average Bonchev–Trinajstić information content (AvgIpc) is 3.04. The minimum absolute atomic E-state index is 0.808. The zero-order valence-electron chi connectivity index (χ0n) is 11.8. The van der Waals surface area contributed by atoms with Crippen molar-refractivity contribution in [2.75, 3.05) is 14.2 Å². The monoisotopic (exact) mass is 281 g/mol. The molecular formula is C16H15N3O2. The fourth-order valence-electron chi connectivity index (χ4n) is 2.13. The van der Waals surface area contributed by atoms with Crippen molar-refractivity contribution in [2.45, 2.75) is 0 Å². The van der Waals surface area contributed by atoms with Gasteiger partial charge in [-0.1, -0.05) is 0 Å². The van der Waals surface area contributed by atoms with E-state index in [1.807, 2.05) is 48.5 Å². The van der Waals surface area contributed by atoms with Crippen LogP contribution in [0.3, 0.4) is 0 Å². The summed E-state index contributed by atoms with van der Waals surface area (Å²) in [4.78, 5) is 0. The fraction of sp³-hybridized carbons (Fsp3) is 0.125. The normalized spacial score (nSPS) is 10.4. The predicted molar refractivity (Wildman–Crippen MR) is 80.4 cm³/mol. The van der Waals surface area contributed by atoms with Crippen LogP contribution in [0.15, 0.2) is 48.5 Å². The minimum Gasteiger partial charge on any atom is -0.497 e. The molecule has 3 rings (SSSR count). The molecule has 3 aromatic rings. The second-order valence-corrected chi connectivity index (χ2v) is 4.48. The number of rotatable bonds is 4. The number of ether oxygens (including phenoxy) is 2. The Labute approximate surface area is 122 Å². The number of H-pyrrole nitrogens is 1. The van der Waals surface area contributed by atoms with E-state index in [1.165, 1.54) is 0 Å². The molecule has 5 heteroatoms. The van der Waals surface area contributed by atoms with Gasteiger partial charge in [0.25, 0.3) is 0 Å². The Hall–Kier alpha value is -2.82. The van der Waals surface area contributed by atoms with Crippen molar-refractivity contribution in [3.63, 3.8) is 0 Å². The first kappa shape index (κ1) is 13.2. The first-order valence-electron chi connectivity index (χ1n) is 6.51. The summed E-state index contributed by atoms with van der Waals surface area (Å²) in [7, 11) is 3.29. The Morgan fingerprint density at radius 1 is 0.667 bits per heavy atom. The van der Waals surface area contributed by atoms with Crippen molar-refractivity contribution in [2.24, 2.45) is 0 Å². The standard InChI is InChI=1S/C16H15N3O2/c1-20-13-7-3-11(4-8-13)15-16(18-19-17-15)12-5-9-14(21-2)10-6-12/h3-10H,1-2H3,(H,17,18,19). The Bertz CT molecular complexity index is 656. The Kier molecular flexibility index (Phi) is 3.55. The van der Waals surface area contributed by atoms with Crippen molar-refractivity contribution in [3.05, 3.63) is 48.5 Å². The highest BCUT2D eigenvalue weighted by molar-refractivity contribution is 5.77. The number of aromatic amines is 1. The molecule has 0 atom stereocenters. The molecule has 1 aromatic heterocycles. The zero-order valence-corrected chi connectivity index (χ0v) is 11.8. The quantitative estimate of drug-likeness (QED) is 0.798. The van der Waals surface area contributed by atoms with E-state index in [2.05, 4.69) is 15.4 Å². The predicted octanol–water partition coefficient (Wildman–Crippen LogP) is 3.16. The van der Waals surface area contributed by atoms with Crippen LogP contribution in [0.2, 0.25) is 0 Å². The summed E-state index contributed by atoms with van der Waals surface area (Å²) >= 11 is 0. The third kappa shape index (κ3) is 2.58.